The molecule has 21 heavy (non-hydrogen) atoms. The molecule has 0 saturated carbocycles. The topological polar surface area (TPSA) is 47.1 Å². The molecule has 0 radical (unpaired) electrons. The molecule has 108 valence electrons. The molecule has 5 nitrogen and oxygen atoms in total. The second-order valence-corrected chi connectivity index (χ2v) is 5.69. The zero-order chi connectivity index (χ0) is 14.2. The Hall–Kier alpha value is -2.14. The molecule has 0 bridgehead atoms. The third-order valence-corrected chi connectivity index (χ3v) is 4.16. The third-order valence-electron chi connectivity index (χ3n) is 4.16. The van der Waals surface area contributed by atoms with E-state index in [4.69, 9.17) is 9.40 Å². The fourth-order valence-electron chi connectivity index (χ4n) is 3.21. The second-order valence-electron chi connectivity index (χ2n) is 5.69. The molecule has 4 heterocycles. The second kappa shape index (κ2) is 5.00. The lowest BCUT2D eigenvalue weighted by molar-refractivity contribution is 0.215. The minimum atomic E-state index is 0.392. The molecule has 0 aromatic carbocycles. The minimum Gasteiger partial charge on any atom is -0.461 e. The van der Waals surface area contributed by atoms with Gasteiger partial charge in [-0.25, -0.2) is 9.97 Å². The molecular weight excluding hydrogens is 264 g/mol. The highest BCUT2D eigenvalue weighted by molar-refractivity contribution is 5.76. The van der Waals surface area contributed by atoms with Gasteiger partial charge in [0.05, 0.1) is 12.3 Å². The van der Waals surface area contributed by atoms with Crippen molar-refractivity contribution in [3.63, 3.8) is 0 Å². The van der Waals surface area contributed by atoms with Crippen LogP contribution in [0.1, 0.15) is 18.9 Å². The van der Waals surface area contributed by atoms with Crippen LogP contribution >= 0.6 is 0 Å². The molecule has 0 spiro atoms. The van der Waals surface area contributed by atoms with Gasteiger partial charge in [0.2, 0.25) is 0 Å². The van der Waals surface area contributed by atoms with Crippen molar-refractivity contribution in [2.24, 2.45) is 0 Å². The number of likely N-dealkylation sites (N-methyl/N-ethyl adjacent to an activating group) is 1. The number of nitrogens with zero attached hydrogens (tertiary/aromatic N) is 4. The van der Waals surface area contributed by atoms with Crippen LogP contribution in [-0.2, 0) is 0 Å². The summed E-state index contributed by atoms with van der Waals surface area (Å²) in [6, 6.07) is 8.20. The third kappa shape index (κ3) is 2.14. The van der Waals surface area contributed by atoms with Crippen LogP contribution in [-0.4, -0.2) is 39.6 Å². The molecule has 5 heteroatoms. The van der Waals surface area contributed by atoms with Crippen molar-refractivity contribution in [2.45, 2.75) is 18.9 Å². The first-order valence-corrected chi connectivity index (χ1v) is 7.38. The van der Waals surface area contributed by atoms with E-state index in [-0.39, 0.29) is 0 Å². The Bertz CT molecular complexity index is 747. The van der Waals surface area contributed by atoms with E-state index in [9.17, 15) is 0 Å². The summed E-state index contributed by atoms with van der Waals surface area (Å²) in [6.45, 7) is 2.18. The van der Waals surface area contributed by atoms with Crippen molar-refractivity contribution in [1.82, 2.24) is 19.4 Å². The van der Waals surface area contributed by atoms with Crippen molar-refractivity contribution in [3.8, 4) is 11.6 Å². The molecule has 1 saturated heterocycles. The maximum absolute atomic E-state index is 5.58. The number of imidazole rings is 1. The summed E-state index contributed by atoms with van der Waals surface area (Å²) in [5, 5.41) is 0. The number of hydrogen-bond donors (Lipinski definition) is 0. The molecular formula is C16H18N4O. The van der Waals surface area contributed by atoms with Crippen molar-refractivity contribution in [2.75, 3.05) is 20.1 Å². The van der Waals surface area contributed by atoms with E-state index < -0.39 is 0 Å². The molecule has 1 aliphatic heterocycles. The summed E-state index contributed by atoms with van der Waals surface area (Å²) >= 11 is 0. The van der Waals surface area contributed by atoms with Gasteiger partial charge in [0.25, 0.3) is 0 Å². The highest BCUT2D eigenvalue weighted by Gasteiger charge is 2.25. The van der Waals surface area contributed by atoms with Gasteiger partial charge in [-0.1, -0.05) is 0 Å². The van der Waals surface area contributed by atoms with Crippen LogP contribution in [0.25, 0.3) is 22.7 Å². The molecule has 3 aromatic heterocycles. The number of rotatable bonds is 2. The summed E-state index contributed by atoms with van der Waals surface area (Å²) in [5.74, 6) is 1.69. The highest BCUT2D eigenvalue weighted by Crippen LogP contribution is 2.31. The monoisotopic (exact) mass is 282 g/mol. The number of piperidine rings is 1. The molecule has 0 N–H and O–H groups in total. The predicted octanol–water partition coefficient (Wildman–Crippen LogP) is 2.96. The van der Waals surface area contributed by atoms with Crippen molar-refractivity contribution >= 4 is 11.2 Å². The molecule has 1 fully saturated rings. The van der Waals surface area contributed by atoms with E-state index in [2.05, 4.69) is 21.5 Å². The number of furan rings is 1. The fourth-order valence-corrected chi connectivity index (χ4v) is 3.21. The zero-order valence-electron chi connectivity index (χ0n) is 12.1. The SMILES string of the molecule is CN1CCCC(n2c(-c3ccco3)nc3cccnc32)C1. The van der Waals surface area contributed by atoms with Crippen LogP contribution in [0.5, 0.6) is 0 Å². The van der Waals surface area contributed by atoms with Crippen LogP contribution in [0.2, 0.25) is 0 Å². The average Bonchev–Trinajstić information content (AvgIpc) is 3.14. The largest absolute Gasteiger partial charge is 0.461 e. The van der Waals surface area contributed by atoms with Gasteiger partial charge < -0.3 is 13.9 Å². The Kier molecular flexibility index (Phi) is 3.00. The average molecular weight is 282 g/mol. The van der Waals surface area contributed by atoms with E-state index in [1.54, 1.807) is 6.26 Å². The van der Waals surface area contributed by atoms with Gasteiger partial charge in [0.1, 0.15) is 5.52 Å². The van der Waals surface area contributed by atoms with Crippen LogP contribution in [0.4, 0.5) is 0 Å². The Labute approximate surface area is 123 Å². The molecule has 1 aliphatic rings. The van der Waals surface area contributed by atoms with E-state index in [1.807, 2.05) is 30.5 Å². The van der Waals surface area contributed by atoms with Crippen molar-refractivity contribution in [1.29, 1.82) is 0 Å². The van der Waals surface area contributed by atoms with Crippen LogP contribution in [0.3, 0.4) is 0 Å². The summed E-state index contributed by atoms with van der Waals surface area (Å²) in [7, 11) is 2.17. The Morgan fingerprint density at radius 3 is 3.05 bits per heavy atom. The first-order valence-electron chi connectivity index (χ1n) is 7.38. The molecule has 4 rings (SSSR count). The smallest absolute Gasteiger partial charge is 0.178 e. The Morgan fingerprint density at radius 2 is 2.24 bits per heavy atom. The number of hydrogen-bond acceptors (Lipinski definition) is 4. The predicted molar refractivity (Wildman–Crippen MR) is 81.0 cm³/mol. The zero-order valence-corrected chi connectivity index (χ0v) is 12.1. The van der Waals surface area contributed by atoms with Gasteiger partial charge in [-0.3, -0.25) is 0 Å². The van der Waals surface area contributed by atoms with Crippen LogP contribution < -0.4 is 0 Å². The molecule has 0 aliphatic carbocycles. The van der Waals surface area contributed by atoms with Crippen molar-refractivity contribution in [3.05, 3.63) is 36.7 Å². The van der Waals surface area contributed by atoms with Gasteiger partial charge in [0, 0.05) is 12.7 Å². The standard InChI is InChI=1S/C16H18N4O/c1-19-9-3-5-12(11-19)20-15-13(6-2-8-17-15)18-16(20)14-7-4-10-21-14/h2,4,6-8,10,12H,3,5,9,11H2,1H3. The fraction of sp³-hybridized carbons (Fsp3) is 0.375. The lowest BCUT2D eigenvalue weighted by Gasteiger charge is -2.31. The molecule has 1 unspecified atom stereocenters. The van der Waals surface area contributed by atoms with Crippen molar-refractivity contribution < 1.29 is 4.42 Å². The quantitative estimate of drug-likeness (QED) is 0.725. The van der Waals surface area contributed by atoms with E-state index >= 15 is 0 Å². The molecule has 3 aromatic rings. The summed E-state index contributed by atoms with van der Waals surface area (Å²) in [6.07, 6.45) is 5.88. The maximum Gasteiger partial charge on any atom is 0.178 e. The number of fused-ring (bicyclic) bond motifs is 1. The Morgan fingerprint density at radius 1 is 1.29 bits per heavy atom. The van der Waals surface area contributed by atoms with E-state index in [1.165, 1.54) is 6.42 Å². The summed E-state index contributed by atoms with van der Waals surface area (Å²) in [5.41, 5.74) is 1.88. The van der Waals surface area contributed by atoms with E-state index in [0.717, 1.165) is 42.3 Å². The van der Waals surface area contributed by atoms with Gasteiger partial charge in [-0.15, -0.1) is 0 Å². The van der Waals surface area contributed by atoms with E-state index in [0.29, 0.717) is 6.04 Å². The molecule has 0 amide bonds. The first kappa shape index (κ1) is 12.6. The maximum atomic E-state index is 5.58. The van der Waals surface area contributed by atoms with Crippen LogP contribution in [0.15, 0.2) is 41.1 Å². The molecule has 1 atom stereocenters. The number of aromatic nitrogens is 3. The highest BCUT2D eigenvalue weighted by atomic mass is 16.3. The lowest BCUT2D eigenvalue weighted by atomic mass is 10.1. The minimum absolute atomic E-state index is 0.392. The first-order chi connectivity index (χ1) is 10.3. The normalized spacial score (nSPS) is 20.1. The summed E-state index contributed by atoms with van der Waals surface area (Å²) in [4.78, 5) is 11.7. The number of likely N-dealkylation sites (tertiary alicyclic amines) is 1. The van der Waals surface area contributed by atoms with Gasteiger partial charge in [-0.05, 0) is 50.7 Å². The number of pyridine rings is 1. The van der Waals surface area contributed by atoms with Gasteiger partial charge >= 0.3 is 0 Å². The van der Waals surface area contributed by atoms with Gasteiger partial charge in [0.15, 0.2) is 17.2 Å². The summed E-state index contributed by atoms with van der Waals surface area (Å²) < 4.78 is 7.84. The lowest BCUT2D eigenvalue weighted by Crippen LogP contribution is -2.33. The Balaban J connectivity index is 1.90. The van der Waals surface area contributed by atoms with Gasteiger partial charge in [-0.2, -0.15) is 0 Å². The van der Waals surface area contributed by atoms with Crippen LogP contribution in [0, 0.1) is 0 Å².